The Morgan fingerprint density at radius 1 is 1.11 bits per heavy atom. The molecule has 150 valence electrons. The number of carbonyl (C=O) groups excluding carboxylic acids is 2. The van der Waals surface area contributed by atoms with E-state index < -0.39 is 10.0 Å². The second kappa shape index (κ2) is 8.28. The maximum atomic E-state index is 12.9. The number of aryl methyl sites for hydroxylation is 1. The lowest BCUT2D eigenvalue weighted by Gasteiger charge is -2.38. The van der Waals surface area contributed by atoms with E-state index in [4.69, 9.17) is 0 Å². The Morgan fingerprint density at radius 3 is 2.41 bits per heavy atom. The fraction of sp³-hybridized carbons (Fsp3) is 0.667. The third-order valence-electron chi connectivity index (χ3n) is 5.29. The monoisotopic (exact) mass is 413 g/mol. The standard InChI is InChI=1S/C18H27N3O4S2/c1-3-16(22)20-8-4-5-15(13-20)18(23)19-9-11-21(12-10-19)27(24,25)17-7-6-14(2)26-17/h6-7,15H,3-5,8-13H2,1-2H3/t15-/m1/s1. The van der Waals surface area contributed by atoms with E-state index in [-0.39, 0.29) is 17.7 Å². The van der Waals surface area contributed by atoms with Crippen LogP contribution in [-0.2, 0) is 19.6 Å². The number of piperazine rings is 1. The zero-order valence-corrected chi connectivity index (χ0v) is 17.5. The molecule has 1 aromatic rings. The summed E-state index contributed by atoms with van der Waals surface area (Å²) in [6.07, 6.45) is 2.09. The molecule has 3 rings (SSSR count). The van der Waals surface area contributed by atoms with Crippen molar-refractivity contribution >= 4 is 33.2 Å². The first kappa shape index (κ1) is 20.3. The summed E-state index contributed by atoms with van der Waals surface area (Å²) in [5.41, 5.74) is 0. The number of likely N-dealkylation sites (tertiary alicyclic amines) is 1. The number of carbonyl (C=O) groups is 2. The van der Waals surface area contributed by atoms with Crippen LogP contribution >= 0.6 is 11.3 Å². The molecule has 0 unspecified atom stereocenters. The van der Waals surface area contributed by atoms with Gasteiger partial charge in [0.15, 0.2) is 0 Å². The van der Waals surface area contributed by atoms with Gasteiger partial charge in [-0.25, -0.2) is 8.42 Å². The fourth-order valence-electron chi connectivity index (χ4n) is 3.71. The quantitative estimate of drug-likeness (QED) is 0.750. The summed E-state index contributed by atoms with van der Waals surface area (Å²) in [5.74, 6) is -0.0281. The van der Waals surface area contributed by atoms with Crippen molar-refractivity contribution in [1.29, 1.82) is 0 Å². The number of hydrogen-bond acceptors (Lipinski definition) is 5. The molecule has 1 atom stereocenters. The lowest BCUT2D eigenvalue weighted by atomic mass is 9.96. The minimum atomic E-state index is -3.48. The largest absolute Gasteiger partial charge is 0.342 e. The number of nitrogens with zero attached hydrogens (tertiary/aromatic N) is 3. The van der Waals surface area contributed by atoms with Crippen molar-refractivity contribution in [3.8, 4) is 0 Å². The summed E-state index contributed by atoms with van der Waals surface area (Å²) in [4.78, 5) is 29.3. The average molecular weight is 414 g/mol. The van der Waals surface area contributed by atoms with Crippen LogP contribution in [0.4, 0.5) is 0 Å². The SMILES string of the molecule is CCC(=O)N1CCC[C@@H](C(=O)N2CCN(S(=O)(=O)c3ccc(C)s3)CC2)C1. The predicted octanol–water partition coefficient (Wildman–Crippen LogP) is 1.54. The van der Waals surface area contributed by atoms with Crippen molar-refractivity contribution in [2.75, 3.05) is 39.3 Å². The Morgan fingerprint density at radius 2 is 1.81 bits per heavy atom. The molecule has 2 amide bonds. The molecule has 0 spiro atoms. The van der Waals surface area contributed by atoms with Crippen molar-refractivity contribution < 1.29 is 18.0 Å². The van der Waals surface area contributed by atoms with Crippen molar-refractivity contribution in [2.45, 2.75) is 37.3 Å². The maximum absolute atomic E-state index is 12.9. The first-order valence-electron chi connectivity index (χ1n) is 9.46. The first-order valence-corrected chi connectivity index (χ1v) is 11.7. The maximum Gasteiger partial charge on any atom is 0.252 e. The lowest BCUT2D eigenvalue weighted by molar-refractivity contribution is -0.141. The molecule has 9 heteroatoms. The number of sulfonamides is 1. The van der Waals surface area contributed by atoms with E-state index in [1.807, 2.05) is 19.9 Å². The van der Waals surface area contributed by atoms with Crippen molar-refractivity contribution in [3.05, 3.63) is 17.0 Å². The highest BCUT2D eigenvalue weighted by Gasteiger charge is 2.35. The molecular weight excluding hydrogens is 386 g/mol. The second-order valence-corrected chi connectivity index (χ2v) is 10.6. The zero-order valence-electron chi connectivity index (χ0n) is 15.9. The normalized spacial score (nSPS) is 22.1. The van der Waals surface area contributed by atoms with Gasteiger partial charge in [-0.05, 0) is 31.9 Å². The summed E-state index contributed by atoms with van der Waals surface area (Å²) < 4.78 is 27.3. The second-order valence-electron chi connectivity index (χ2n) is 7.13. The molecule has 0 radical (unpaired) electrons. The number of piperidine rings is 1. The van der Waals surface area contributed by atoms with Gasteiger partial charge in [0.05, 0.1) is 5.92 Å². The van der Waals surface area contributed by atoms with Gasteiger partial charge in [0.1, 0.15) is 4.21 Å². The van der Waals surface area contributed by atoms with Gasteiger partial charge in [0.2, 0.25) is 11.8 Å². The van der Waals surface area contributed by atoms with E-state index in [1.54, 1.807) is 15.9 Å². The molecule has 27 heavy (non-hydrogen) atoms. The summed E-state index contributed by atoms with van der Waals surface area (Å²) in [5, 5.41) is 0. The van der Waals surface area contributed by atoms with Crippen LogP contribution in [0, 0.1) is 12.8 Å². The molecule has 3 heterocycles. The van der Waals surface area contributed by atoms with E-state index in [9.17, 15) is 18.0 Å². The Kier molecular flexibility index (Phi) is 6.22. The van der Waals surface area contributed by atoms with Crippen molar-refractivity contribution in [1.82, 2.24) is 14.1 Å². The molecule has 0 bridgehead atoms. The molecule has 2 saturated heterocycles. The lowest BCUT2D eigenvalue weighted by Crippen LogP contribution is -2.53. The predicted molar refractivity (Wildman–Crippen MR) is 104 cm³/mol. The van der Waals surface area contributed by atoms with Crippen LogP contribution in [-0.4, -0.2) is 73.6 Å². The molecule has 2 aliphatic heterocycles. The van der Waals surface area contributed by atoms with Crippen LogP contribution in [0.15, 0.2) is 16.3 Å². The smallest absolute Gasteiger partial charge is 0.252 e. The van der Waals surface area contributed by atoms with Crippen LogP contribution in [0.3, 0.4) is 0 Å². The fourth-order valence-corrected chi connectivity index (χ4v) is 6.57. The minimum Gasteiger partial charge on any atom is -0.342 e. The molecule has 0 N–H and O–H groups in total. The highest BCUT2D eigenvalue weighted by Crippen LogP contribution is 2.26. The number of hydrogen-bond donors (Lipinski definition) is 0. The highest BCUT2D eigenvalue weighted by molar-refractivity contribution is 7.91. The van der Waals surface area contributed by atoms with Crippen molar-refractivity contribution in [2.24, 2.45) is 5.92 Å². The topological polar surface area (TPSA) is 78.0 Å². The third-order valence-corrected chi connectivity index (χ3v) is 8.65. The molecule has 7 nitrogen and oxygen atoms in total. The van der Waals surface area contributed by atoms with Crippen LogP contribution in [0.2, 0.25) is 0 Å². The molecule has 2 aliphatic rings. The molecule has 0 saturated carbocycles. The van der Waals surface area contributed by atoms with Crippen LogP contribution in [0.1, 0.15) is 31.1 Å². The van der Waals surface area contributed by atoms with E-state index in [2.05, 4.69) is 0 Å². The van der Waals surface area contributed by atoms with Gasteiger partial charge < -0.3 is 9.80 Å². The zero-order chi connectivity index (χ0) is 19.6. The van der Waals surface area contributed by atoms with Crippen LogP contribution in [0.25, 0.3) is 0 Å². The third kappa shape index (κ3) is 4.35. The van der Waals surface area contributed by atoms with Gasteiger partial charge in [-0.3, -0.25) is 9.59 Å². The van der Waals surface area contributed by atoms with Crippen LogP contribution < -0.4 is 0 Å². The Bertz CT molecular complexity index is 797. The van der Waals surface area contributed by atoms with E-state index >= 15 is 0 Å². The molecule has 0 aromatic carbocycles. The summed E-state index contributed by atoms with van der Waals surface area (Å²) in [6.45, 7) is 6.37. The van der Waals surface area contributed by atoms with Gasteiger partial charge in [-0.1, -0.05) is 6.92 Å². The minimum absolute atomic E-state index is 0.0487. The number of amides is 2. The van der Waals surface area contributed by atoms with Gasteiger partial charge in [0, 0.05) is 50.6 Å². The van der Waals surface area contributed by atoms with E-state index in [0.717, 1.165) is 24.3 Å². The summed E-state index contributed by atoms with van der Waals surface area (Å²) >= 11 is 1.28. The Balaban J connectivity index is 1.58. The number of rotatable bonds is 4. The Labute approximate surface area is 165 Å². The van der Waals surface area contributed by atoms with E-state index in [0.29, 0.717) is 43.4 Å². The molecular formula is C18H27N3O4S2. The summed E-state index contributed by atoms with van der Waals surface area (Å²) in [6, 6.07) is 3.46. The average Bonchev–Trinajstić information content (AvgIpc) is 3.14. The van der Waals surface area contributed by atoms with Crippen LogP contribution in [0.5, 0.6) is 0 Å². The summed E-state index contributed by atoms with van der Waals surface area (Å²) in [7, 11) is -3.48. The Hall–Kier alpha value is -1.45. The molecule has 0 aliphatic carbocycles. The van der Waals surface area contributed by atoms with Gasteiger partial charge in [-0.15, -0.1) is 11.3 Å². The van der Waals surface area contributed by atoms with Gasteiger partial charge >= 0.3 is 0 Å². The first-order chi connectivity index (χ1) is 12.8. The van der Waals surface area contributed by atoms with E-state index in [1.165, 1.54) is 15.6 Å². The van der Waals surface area contributed by atoms with Gasteiger partial charge in [0.25, 0.3) is 10.0 Å². The number of thiophene rings is 1. The van der Waals surface area contributed by atoms with Crippen molar-refractivity contribution in [3.63, 3.8) is 0 Å². The van der Waals surface area contributed by atoms with Gasteiger partial charge in [-0.2, -0.15) is 4.31 Å². The molecule has 2 fully saturated rings. The molecule has 1 aromatic heterocycles. The highest BCUT2D eigenvalue weighted by atomic mass is 32.2.